The largest absolute Gasteiger partial charge is 0.465 e. The molecule has 1 N–H and O–H groups in total. The highest BCUT2D eigenvalue weighted by molar-refractivity contribution is 6.31. The zero-order chi connectivity index (χ0) is 21.3. The van der Waals surface area contributed by atoms with Gasteiger partial charge in [0.1, 0.15) is 0 Å². The van der Waals surface area contributed by atoms with Gasteiger partial charge >= 0.3 is 12.0 Å². The minimum absolute atomic E-state index is 0.131. The maximum atomic E-state index is 13.4. The first-order valence-electron chi connectivity index (χ1n) is 9.74. The van der Waals surface area contributed by atoms with Crippen molar-refractivity contribution in [2.75, 3.05) is 12.4 Å². The Labute approximate surface area is 180 Å². The first-order chi connectivity index (χ1) is 14.5. The zero-order valence-corrected chi connectivity index (χ0v) is 17.5. The second-order valence-electron chi connectivity index (χ2n) is 7.10. The van der Waals surface area contributed by atoms with Crippen molar-refractivity contribution in [3.05, 3.63) is 82.6 Å². The number of methoxy groups -OCH3 is 1. The highest BCUT2D eigenvalue weighted by atomic mass is 35.5. The molecule has 1 aliphatic heterocycles. The van der Waals surface area contributed by atoms with Gasteiger partial charge in [0.2, 0.25) is 0 Å². The smallest absolute Gasteiger partial charge is 0.339 e. The summed E-state index contributed by atoms with van der Waals surface area (Å²) in [5, 5.41) is 3.29. The van der Waals surface area contributed by atoms with Gasteiger partial charge in [-0.05, 0) is 48.4 Å². The lowest BCUT2D eigenvalue weighted by molar-refractivity contribution is 0.0602. The van der Waals surface area contributed by atoms with Gasteiger partial charge in [-0.3, -0.25) is 0 Å². The Morgan fingerprint density at radius 3 is 2.73 bits per heavy atom. The zero-order valence-electron chi connectivity index (χ0n) is 16.8. The van der Waals surface area contributed by atoms with E-state index in [2.05, 4.69) is 22.9 Å². The molecule has 3 aromatic rings. The number of halogens is 1. The number of nitrogens with zero attached hydrogens (tertiary/aromatic N) is 2. The number of rotatable bonds is 3. The third kappa shape index (κ3) is 3.55. The van der Waals surface area contributed by atoms with Gasteiger partial charge in [-0.25, -0.2) is 9.59 Å². The molecular formula is C23H22ClN3O3. The van der Waals surface area contributed by atoms with Gasteiger partial charge in [0, 0.05) is 16.9 Å². The van der Waals surface area contributed by atoms with E-state index in [1.807, 2.05) is 36.5 Å². The molecule has 0 spiro atoms. The number of carbonyl (C=O) groups excluding carboxylic acids is 2. The molecule has 1 atom stereocenters. The Morgan fingerprint density at radius 1 is 1.17 bits per heavy atom. The average Bonchev–Trinajstić information content (AvgIpc) is 3.18. The van der Waals surface area contributed by atoms with Crippen LogP contribution >= 0.6 is 11.6 Å². The SMILES string of the molecule is CC[C@@H]1c2cccn2-c2ccccc2CN1C(=O)Nc1cc(Cl)ccc1C(=O)OC. The van der Waals surface area contributed by atoms with Gasteiger partial charge in [-0.1, -0.05) is 36.7 Å². The number of nitrogens with one attached hydrogen (secondary N) is 1. The first kappa shape index (κ1) is 20.0. The Balaban J connectivity index is 1.73. The van der Waals surface area contributed by atoms with Crippen molar-refractivity contribution in [3.8, 4) is 5.69 Å². The molecule has 2 aromatic carbocycles. The number of para-hydroxylation sites is 1. The lowest BCUT2D eigenvalue weighted by Crippen LogP contribution is -2.37. The molecule has 0 radical (unpaired) electrons. The van der Waals surface area contributed by atoms with Crippen LogP contribution in [0.25, 0.3) is 5.69 Å². The van der Waals surface area contributed by atoms with Crippen LogP contribution in [0.1, 0.15) is 41.0 Å². The summed E-state index contributed by atoms with van der Waals surface area (Å²) in [6, 6.07) is 16.3. The number of amides is 2. The number of esters is 1. The summed E-state index contributed by atoms with van der Waals surface area (Å²) < 4.78 is 6.97. The molecule has 0 aliphatic carbocycles. The van der Waals surface area contributed by atoms with Crippen molar-refractivity contribution in [3.63, 3.8) is 0 Å². The quantitative estimate of drug-likeness (QED) is 0.572. The van der Waals surface area contributed by atoms with Crippen LogP contribution in [0.5, 0.6) is 0 Å². The van der Waals surface area contributed by atoms with Crippen LogP contribution in [0.4, 0.5) is 10.5 Å². The number of aromatic nitrogens is 1. The number of fused-ring (bicyclic) bond motifs is 3. The second-order valence-corrected chi connectivity index (χ2v) is 7.53. The van der Waals surface area contributed by atoms with Crippen LogP contribution in [0, 0.1) is 0 Å². The Bertz CT molecular complexity index is 1110. The van der Waals surface area contributed by atoms with Crippen molar-refractivity contribution in [1.29, 1.82) is 0 Å². The fourth-order valence-corrected chi connectivity index (χ4v) is 4.13. The normalized spacial score (nSPS) is 15.0. The van der Waals surface area contributed by atoms with Crippen molar-refractivity contribution >= 4 is 29.3 Å². The van der Waals surface area contributed by atoms with Crippen LogP contribution < -0.4 is 5.32 Å². The Hall–Kier alpha value is -3.25. The summed E-state index contributed by atoms with van der Waals surface area (Å²) in [5.41, 5.74) is 3.71. The van der Waals surface area contributed by atoms with Crippen molar-refractivity contribution in [2.45, 2.75) is 25.9 Å². The van der Waals surface area contributed by atoms with E-state index < -0.39 is 5.97 Å². The molecule has 6 nitrogen and oxygen atoms in total. The predicted octanol–water partition coefficient (Wildman–Crippen LogP) is 5.42. The summed E-state index contributed by atoms with van der Waals surface area (Å²) in [5.74, 6) is -0.538. The molecule has 0 unspecified atom stereocenters. The second kappa shape index (κ2) is 8.24. The molecule has 0 bridgehead atoms. The van der Waals surface area contributed by atoms with E-state index in [0.29, 0.717) is 17.3 Å². The molecule has 7 heteroatoms. The lowest BCUT2D eigenvalue weighted by atomic mass is 10.1. The van der Waals surface area contributed by atoms with Crippen molar-refractivity contribution in [1.82, 2.24) is 9.47 Å². The van der Waals surface area contributed by atoms with Gasteiger partial charge in [-0.2, -0.15) is 0 Å². The molecular weight excluding hydrogens is 402 g/mol. The first-order valence-corrected chi connectivity index (χ1v) is 10.1. The fraction of sp³-hybridized carbons (Fsp3) is 0.217. The molecule has 154 valence electrons. The molecule has 1 aromatic heterocycles. The molecule has 0 saturated heterocycles. The van der Waals surface area contributed by atoms with Crippen molar-refractivity contribution < 1.29 is 14.3 Å². The number of ether oxygens (including phenoxy) is 1. The van der Waals surface area contributed by atoms with Crippen LogP contribution in [0.15, 0.2) is 60.8 Å². The van der Waals surface area contributed by atoms with Crippen molar-refractivity contribution in [2.24, 2.45) is 0 Å². The topological polar surface area (TPSA) is 63.6 Å². The summed E-state index contributed by atoms with van der Waals surface area (Å²) in [6.45, 7) is 2.49. The molecule has 0 saturated carbocycles. The van der Waals surface area contributed by atoms with E-state index in [1.54, 1.807) is 23.1 Å². The molecule has 0 fully saturated rings. The molecule has 2 amide bonds. The van der Waals surface area contributed by atoms with E-state index in [4.69, 9.17) is 16.3 Å². The number of hydrogen-bond acceptors (Lipinski definition) is 3. The standard InChI is InChI=1S/C23H22ClN3O3/c1-3-19-21-9-6-12-26(21)20-8-5-4-7-15(20)14-27(19)23(29)25-18-13-16(24)10-11-17(18)22(28)30-2/h4-13,19H,3,14H2,1-2H3,(H,25,29)/t19-/m1/s1. The summed E-state index contributed by atoms with van der Waals surface area (Å²) >= 11 is 6.11. The van der Waals surface area contributed by atoms with Crippen LogP contribution in [-0.4, -0.2) is 28.6 Å². The van der Waals surface area contributed by atoms with Gasteiger partial charge in [0.25, 0.3) is 0 Å². The average molecular weight is 424 g/mol. The molecule has 4 rings (SSSR count). The third-order valence-corrected chi connectivity index (χ3v) is 5.60. The molecule has 2 heterocycles. The van der Waals surface area contributed by atoms with Crippen LogP contribution in [0.2, 0.25) is 5.02 Å². The van der Waals surface area contributed by atoms with E-state index in [-0.39, 0.29) is 17.6 Å². The number of benzene rings is 2. The lowest BCUT2D eigenvalue weighted by Gasteiger charge is -2.30. The fourth-order valence-electron chi connectivity index (χ4n) is 3.96. The highest BCUT2D eigenvalue weighted by Crippen LogP contribution is 2.34. The molecule has 1 aliphatic rings. The Kier molecular flexibility index (Phi) is 5.50. The van der Waals surface area contributed by atoms with E-state index in [1.165, 1.54) is 7.11 Å². The minimum atomic E-state index is -0.538. The van der Waals surface area contributed by atoms with Gasteiger partial charge in [0.15, 0.2) is 0 Å². The monoisotopic (exact) mass is 423 g/mol. The van der Waals surface area contributed by atoms with Gasteiger partial charge in [-0.15, -0.1) is 0 Å². The maximum absolute atomic E-state index is 13.4. The molecule has 30 heavy (non-hydrogen) atoms. The summed E-state index contributed by atoms with van der Waals surface area (Å²) in [7, 11) is 1.30. The highest BCUT2D eigenvalue weighted by Gasteiger charge is 2.31. The third-order valence-electron chi connectivity index (χ3n) is 5.37. The number of urea groups is 1. The summed E-state index contributed by atoms with van der Waals surface area (Å²) in [6.07, 6.45) is 2.76. The summed E-state index contributed by atoms with van der Waals surface area (Å²) in [4.78, 5) is 27.3. The maximum Gasteiger partial charge on any atom is 0.339 e. The van der Waals surface area contributed by atoms with E-state index in [9.17, 15) is 9.59 Å². The van der Waals surface area contributed by atoms with Crippen LogP contribution in [0.3, 0.4) is 0 Å². The minimum Gasteiger partial charge on any atom is -0.465 e. The van der Waals surface area contributed by atoms with Gasteiger partial charge < -0.3 is 19.5 Å². The number of carbonyl (C=O) groups is 2. The number of hydrogen-bond donors (Lipinski definition) is 1. The number of anilines is 1. The predicted molar refractivity (Wildman–Crippen MR) is 116 cm³/mol. The van der Waals surface area contributed by atoms with Crippen LogP contribution in [-0.2, 0) is 11.3 Å². The van der Waals surface area contributed by atoms with E-state index >= 15 is 0 Å². The van der Waals surface area contributed by atoms with Gasteiger partial charge in [0.05, 0.1) is 36.6 Å². The van der Waals surface area contributed by atoms with E-state index in [0.717, 1.165) is 23.4 Å². The Morgan fingerprint density at radius 2 is 1.97 bits per heavy atom.